The van der Waals surface area contributed by atoms with E-state index in [1.54, 1.807) is 12.1 Å². The second kappa shape index (κ2) is 4.53. The van der Waals surface area contributed by atoms with Crippen molar-refractivity contribution in [3.05, 3.63) is 64.2 Å². The second-order valence-electron chi connectivity index (χ2n) is 5.35. The fourth-order valence-corrected chi connectivity index (χ4v) is 2.61. The van der Waals surface area contributed by atoms with Gasteiger partial charge in [0.25, 0.3) is 5.56 Å². The Morgan fingerprint density at radius 2 is 1.86 bits per heavy atom. The third-order valence-electron chi connectivity index (χ3n) is 3.70. The van der Waals surface area contributed by atoms with E-state index in [-0.39, 0.29) is 11.4 Å². The normalized spacial score (nSPS) is 11.4. The first-order chi connectivity index (χ1) is 10.6. The minimum absolute atomic E-state index is 0.226. The highest BCUT2D eigenvalue weighted by molar-refractivity contribution is 5.85. The second-order valence-corrected chi connectivity index (χ2v) is 5.35. The number of hydrogen-bond donors (Lipinski definition) is 2. The monoisotopic (exact) mass is 293 g/mol. The molecule has 0 unspecified atom stereocenters. The Morgan fingerprint density at radius 1 is 1.00 bits per heavy atom. The minimum Gasteiger partial charge on any atom is -0.338 e. The van der Waals surface area contributed by atoms with E-state index in [0.717, 1.165) is 16.5 Å². The Balaban J connectivity index is 1.98. The number of imidazole rings is 1. The summed E-state index contributed by atoms with van der Waals surface area (Å²) in [5, 5.41) is 0.932. The van der Waals surface area contributed by atoms with Crippen molar-refractivity contribution in [3.8, 4) is 11.4 Å². The summed E-state index contributed by atoms with van der Waals surface area (Å²) >= 11 is 0. The molecule has 0 spiro atoms. The molecule has 4 rings (SSSR count). The molecule has 2 heterocycles. The Bertz CT molecular complexity index is 1080. The van der Waals surface area contributed by atoms with Gasteiger partial charge in [-0.15, -0.1) is 0 Å². The number of fused-ring (bicyclic) bond motifs is 2. The van der Waals surface area contributed by atoms with Gasteiger partial charge in [0.15, 0.2) is 0 Å². The Hall–Kier alpha value is -2.95. The lowest BCUT2D eigenvalue weighted by atomic mass is 10.1. The van der Waals surface area contributed by atoms with Gasteiger partial charge in [0.05, 0.1) is 16.6 Å². The molecule has 4 nitrogen and oxygen atoms in total. The van der Waals surface area contributed by atoms with E-state index in [1.165, 1.54) is 12.1 Å². The van der Waals surface area contributed by atoms with E-state index in [1.807, 2.05) is 25.1 Å². The van der Waals surface area contributed by atoms with Crippen LogP contribution in [0.25, 0.3) is 33.3 Å². The molecule has 0 bridgehead atoms. The predicted molar refractivity (Wildman–Crippen MR) is 84.4 cm³/mol. The molecule has 0 saturated carbocycles. The zero-order valence-electron chi connectivity index (χ0n) is 11.8. The summed E-state index contributed by atoms with van der Waals surface area (Å²) in [7, 11) is 0. The summed E-state index contributed by atoms with van der Waals surface area (Å²) in [4.78, 5) is 22.5. The van der Waals surface area contributed by atoms with Gasteiger partial charge < -0.3 is 9.97 Å². The molecule has 0 saturated heterocycles. The molecule has 0 aliphatic heterocycles. The number of H-pyrrole nitrogens is 2. The summed E-state index contributed by atoms with van der Waals surface area (Å²) in [5.41, 5.74) is 3.29. The summed E-state index contributed by atoms with van der Waals surface area (Å²) < 4.78 is 13.3. The third-order valence-corrected chi connectivity index (χ3v) is 3.70. The first-order valence-corrected chi connectivity index (χ1v) is 6.89. The molecule has 2 aromatic heterocycles. The van der Waals surface area contributed by atoms with Crippen molar-refractivity contribution in [1.82, 2.24) is 15.0 Å². The lowest BCUT2D eigenvalue weighted by Gasteiger charge is -2.02. The van der Waals surface area contributed by atoms with Crippen molar-refractivity contribution in [2.24, 2.45) is 0 Å². The van der Waals surface area contributed by atoms with Crippen molar-refractivity contribution >= 4 is 21.9 Å². The smallest absolute Gasteiger partial charge is 0.259 e. The Kier molecular flexibility index (Phi) is 2.63. The lowest BCUT2D eigenvalue weighted by molar-refractivity contribution is 0.629. The number of benzene rings is 2. The van der Waals surface area contributed by atoms with Gasteiger partial charge in [-0.2, -0.15) is 0 Å². The summed E-state index contributed by atoms with van der Waals surface area (Å²) in [5.74, 6) is 0.0935. The molecular formula is C17H12FN3O. The molecule has 0 aliphatic carbocycles. The first kappa shape index (κ1) is 12.8. The van der Waals surface area contributed by atoms with Crippen LogP contribution < -0.4 is 5.56 Å². The lowest BCUT2D eigenvalue weighted by Crippen LogP contribution is -2.09. The fourth-order valence-electron chi connectivity index (χ4n) is 2.61. The standard InChI is InChI=1S/C17H12FN3O/c1-9-2-4-13-10(6-9)7-12(17(22)21-13)16-19-14-5-3-11(18)8-15(14)20-16/h2-8H,1H3,(H,19,20)(H,21,22). The van der Waals surface area contributed by atoms with Crippen LogP contribution in [0.5, 0.6) is 0 Å². The van der Waals surface area contributed by atoms with Gasteiger partial charge in [-0.3, -0.25) is 4.79 Å². The van der Waals surface area contributed by atoms with Gasteiger partial charge in [-0.25, -0.2) is 9.37 Å². The zero-order valence-corrected chi connectivity index (χ0v) is 11.8. The van der Waals surface area contributed by atoms with Gasteiger partial charge in [0.2, 0.25) is 0 Å². The molecular weight excluding hydrogens is 281 g/mol. The van der Waals surface area contributed by atoms with Gasteiger partial charge >= 0.3 is 0 Å². The molecule has 0 amide bonds. The maximum absolute atomic E-state index is 13.3. The van der Waals surface area contributed by atoms with Gasteiger partial charge in [-0.1, -0.05) is 11.6 Å². The van der Waals surface area contributed by atoms with Gasteiger partial charge in [-0.05, 0) is 48.7 Å². The van der Waals surface area contributed by atoms with E-state index in [4.69, 9.17) is 0 Å². The number of rotatable bonds is 1. The number of hydrogen-bond acceptors (Lipinski definition) is 2. The number of nitrogens with zero attached hydrogens (tertiary/aromatic N) is 1. The molecule has 4 aromatic rings. The van der Waals surface area contributed by atoms with Crippen LogP contribution in [0.2, 0.25) is 0 Å². The Labute approximate surface area is 124 Å². The molecule has 0 aliphatic rings. The van der Waals surface area contributed by atoms with Crippen LogP contribution in [0, 0.1) is 12.7 Å². The van der Waals surface area contributed by atoms with E-state index in [2.05, 4.69) is 15.0 Å². The largest absolute Gasteiger partial charge is 0.338 e. The number of aryl methyl sites for hydroxylation is 1. The van der Waals surface area contributed by atoms with Crippen molar-refractivity contribution in [2.75, 3.05) is 0 Å². The number of aromatic amines is 2. The highest BCUT2D eigenvalue weighted by atomic mass is 19.1. The number of aromatic nitrogens is 3. The predicted octanol–water partition coefficient (Wildman–Crippen LogP) is 3.52. The molecule has 2 N–H and O–H groups in total. The van der Waals surface area contributed by atoms with Crippen LogP contribution in [0.15, 0.2) is 47.3 Å². The van der Waals surface area contributed by atoms with E-state index < -0.39 is 0 Å². The number of halogens is 1. The first-order valence-electron chi connectivity index (χ1n) is 6.89. The SMILES string of the molecule is Cc1ccc2[nH]c(=O)c(-c3nc4ccc(F)cc4[nH]3)cc2c1. The molecule has 0 atom stereocenters. The van der Waals surface area contributed by atoms with Crippen LogP contribution in [0.1, 0.15) is 5.56 Å². The number of pyridine rings is 1. The molecule has 0 fully saturated rings. The van der Waals surface area contributed by atoms with Crippen LogP contribution in [0.4, 0.5) is 4.39 Å². The van der Waals surface area contributed by atoms with Crippen LogP contribution >= 0.6 is 0 Å². The topological polar surface area (TPSA) is 61.5 Å². The van der Waals surface area contributed by atoms with E-state index in [9.17, 15) is 9.18 Å². The van der Waals surface area contributed by atoms with Gasteiger partial charge in [0.1, 0.15) is 11.6 Å². The third kappa shape index (κ3) is 1.98. The molecule has 22 heavy (non-hydrogen) atoms. The summed E-state index contributed by atoms with van der Waals surface area (Å²) in [6.07, 6.45) is 0. The van der Waals surface area contributed by atoms with Gasteiger partial charge in [0, 0.05) is 5.52 Å². The molecule has 0 radical (unpaired) electrons. The fraction of sp³-hybridized carbons (Fsp3) is 0.0588. The Morgan fingerprint density at radius 3 is 2.73 bits per heavy atom. The minimum atomic E-state index is -0.342. The van der Waals surface area contributed by atoms with E-state index in [0.29, 0.717) is 22.4 Å². The highest BCUT2D eigenvalue weighted by Crippen LogP contribution is 2.21. The zero-order chi connectivity index (χ0) is 15.3. The van der Waals surface area contributed by atoms with Crippen molar-refractivity contribution in [3.63, 3.8) is 0 Å². The molecule has 5 heteroatoms. The number of nitrogens with one attached hydrogen (secondary N) is 2. The average molecular weight is 293 g/mol. The van der Waals surface area contributed by atoms with Crippen LogP contribution in [-0.4, -0.2) is 15.0 Å². The van der Waals surface area contributed by atoms with Crippen LogP contribution in [0.3, 0.4) is 0 Å². The maximum Gasteiger partial charge on any atom is 0.259 e. The maximum atomic E-state index is 13.3. The van der Waals surface area contributed by atoms with Crippen molar-refractivity contribution < 1.29 is 4.39 Å². The quantitative estimate of drug-likeness (QED) is 0.564. The van der Waals surface area contributed by atoms with Crippen molar-refractivity contribution in [2.45, 2.75) is 6.92 Å². The average Bonchev–Trinajstić information content (AvgIpc) is 2.89. The van der Waals surface area contributed by atoms with Crippen LogP contribution in [-0.2, 0) is 0 Å². The summed E-state index contributed by atoms with van der Waals surface area (Å²) in [6.45, 7) is 1.99. The molecule has 2 aromatic carbocycles. The van der Waals surface area contributed by atoms with E-state index >= 15 is 0 Å². The summed E-state index contributed by atoms with van der Waals surface area (Å²) in [6, 6.07) is 11.9. The van der Waals surface area contributed by atoms with Crippen molar-refractivity contribution in [1.29, 1.82) is 0 Å². The highest BCUT2D eigenvalue weighted by Gasteiger charge is 2.11. The molecule has 108 valence electrons.